The van der Waals surface area contributed by atoms with Gasteiger partial charge >= 0.3 is 5.97 Å². The molecule has 0 aromatic heterocycles. The highest BCUT2D eigenvalue weighted by molar-refractivity contribution is 6.33. The molecule has 5 heteroatoms. The SMILES string of the molecule is C[C@@H]1C[C@H]2[C@@H]3C[C@H](C)C4=CC(=O)CC[C@]4(C)[C@H]3[C@@H](O)C[C@]2(C)[C@H]1C(=O)C(=O)O. The van der Waals surface area contributed by atoms with Crippen molar-refractivity contribution in [2.45, 2.75) is 65.9 Å². The molecule has 4 aliphatic rings. The number of ketones is 2. The van der Waals surface area contributed by atoms with Crippen LogP contribution in [0.5, 0.6) is 0 Å². The Hall–Kier alpha value is -1.49. The molecule has 0 aliphatic heterocycles. The third-order valence-electron chi connectivity index (χ3n) is 9.05. The Balaban J connectivity index is 1.76. The number of fused-ring (bicyclic) bond motifs is 5. The second-order valence-corrected chi connectivity index (χ2v) is 10.6. The predicted molar refractivity (Wildman–Crippen MR) is 103 cm³/mol. The zero-order valence-electron chi connectivity index (χ0n) is 17.3. The summed E-state index contributed by atoms with van der Waals surface area (Å²) in [5, 5.41) is 20.7. The molecule has 154 valence electrons. The molecular weight excluding hydrogens is 356 g/mol. The van der Waals surface area contributed by atoms with E-state index in [9.17, 15) is 24.6 Å². The van der Waals surface area contributed by atoms with E-state index in [0.29, 0.717) is 12.8 Å². The van der Waals surface area contributed by atoms with Crippen LogP contribution < -0.4 is 0 Å². The lowest BCUT2D eigenvalue weighted by molar-refractivity contribution is -0.160. The summed E-state index contributed by atoms with van der Waals surface area (Å²) in [7, 11) is 0. The van der Waals surface area contributed by atoms with E-state index >= 15 is 0 Å². The van der Waals surface area contributed by atoms with Crippen LogP contribution in [0.2, 0.25) is 0 Å². The normalized spacial score (nSPS) is 50.2. The molecular formula is C23H32O5. The fourth-order valence-electron chi connectivity index (χ4n) is 8.18. The summed E-state index contributed by atoms with van der Waals surface area (Å²) in [5.74, 6) is -1.53. The van der Waals surface area contributed by atoms with Gasteiger partial charge in [0.25, 0.3) is 0 Å². The maximum Gasteiger partial charge on any atom is 0.372 e. The van der Waals surface area contributed by atoms with Gasteiger partial charge in [-0.3, -0.25) is 9.59 Å². The van der Waals surface area contributed by atoms with Crippen LogP contribution in [0.4, 0.5) is 0 Å². The van der Waals surface area contributed by atoms with Crippen LogP contribution in [-0.4, -0.2) is 33.9 Å². The molecule has 3 fully saturated rings. The van der Waals surface area contributed by atoms with E-state index in [1.807, 2.05) is 19.9 Å². The van der Waals surface area contributed by atoms with Gasteiger partial charge in [-0.05, 0) is 72.2 Å². The van der Waals surface area contributed by atoms with Crippen molar-refractivity contribution in [2.75, 3.05) is 0 Å². The minimum absolute atomic E-state index is 0.0116. The number of rotatable bonds is 2. The van der Waals surface area contributed by atoms with E-state index in [-0.39, 0.29) is 40.8 Å². The molecule has 4 rings (SSSR count). The number of hydrogen-bond acceptors (Lipinski definition) is 4. The highest BCUT2D eigenvalue weighted by Gasteiger charge is 2.65. The monoisotopic (exact) mass is 388 g/mol. The first kappa shape index (κ1) is 19.8. The van der Waals surface area contributed by atoms with Gasteiger partial charge < -0.3 is 10.2 Å². The molecule has 0 aromatic rings. The first-order valence-electron chi connectivity index (χ1n) is 10.7. The van der Waals surface area contributed by atoms with Crippen molar-refractivity contribution in [3.8, 4) is 0 Å². The number of aliphatic hydroxyl groups excluding tert-OH is 1. The predicted octanol–water partition coefficient (Wildman–Crippen LogP) is 3.25. The third-order valence-corrected chi connectivity index (χ3v) is 9.05. The Bertz CT molecular complexity index is 769. The Labute approximate surface area is 166 Å². The molecule has 28 heavy (non-hydrogen) atoms. The average molecular weight is 389 g/mol. The van der Waals surface area contributed by atoms with Crippen LogP contribution in [0.3, 0.4) is 0 Å². The smallest absolute Gasteiger partial charge is 0.372 e. The molecule has 0 aromatic carbocycles. The number of allylic oxidation sites excluding steroid dienone is 1. The van der Waals surface area contributed by atoms with Crippen LogP contribution >= 0.6 is 0 Å². The topological polar surface area (TPSA) is 91.7 Å². The number of carbonyl (C=O) groups is 3. The third kappa shape index (κ3) is 2.51. The van der Waals surface area contributed by atoms with Gasteiger partial charge in [0, 0.05) is 12.3 Å². The van der Waals surface area contributed by atoms with Gasteiger partial charge in [0.1, 0.15) is 0 Å². The van der Waals surface area contributed by atoms with Crippen molar-refractivity contribution in [1.29, 1.82) is 0 Å². The number of Topliss-reactive ketones (excluding diaryl/α,β-unsaturated/α-hetero) is 1. The van der Waals surface area contributed by atoms with Crippen LogP contribution in [0, 0.1) is 46.3 Å². The molecule has 3 saturated carbocycles. The van der Waals surface area contributed by atoms with E-state index in [1.165, 1.54) is 5.57 Å². The molecule has 0 amide bonds. The summed E-state index contributed by atoms with van der Waals surface area (Å²) >= 11 is 0. The van der Waals surface area contributed by atoms with Crippen molar-refractivity contribution >= 4 is 17.5 Å². The maximum absolute atomic E-state index is 12.5. The molecule has 0 radical (unpaired) electrons. The van der Waals surface area contributed by atoms with Gasteiger partial charge in [0.2, 0.25) is 5.78 Å². The minimum Gasteiger partial charge on any atom is -0.475 e. The van der Waals surface area contributed by atoms with Crippen molar-refractivity contribution < 1.29 is 24.6 Å². The Morgan fingerprint density at radius 1 is 1.18 bits per heavy atom. The molecule has 0 bridgehead atoms. The van der Waals surface area contributed by atoms with Gasteiger partial charge in [-0.2, -0.15) is 0 Å². The van der Waals surface area contributed by atoms with Crippen molar-refractivity contribution in [2.24, 2.45) is 46.3 Å². The van der Waals surface area contributed by atoms with Gasteiger partial charge in [-0.1, -0.05) is 33.3 Å². The second-order valence-electron chi connectivity index (χ2n) is 10.6. The van der Waals surface area contributed by atoms with Gasteiger partial charge in [0.05, 0.1) is 6.10 Å². The number of carboxylic acid groups (broad SMARTS) is 1. The van der Waals surface area contributed by atoms with E-state index < -0.39 is 29.2 Å². The zero-order chi connectivity index (χ0) is 20.6. The molecule has 0 saturated heterocycles. The number of carboxylic acids is 1. The highest BCUT2D eigenvalue weighted by Crippen LogP contribution is 2.68. The molecule has 0 unspecified atom stereocenters. The molecule has 0 heterocycles. The number of hydrogen-bond donors (Lipinski definition) is 2. The Kier molecular flexibility index (Phi) is 4.42. The van der Waals surface area contributed by atoms with Gasteiger partial charge in [-0.25, -0.2) is 4.79 Å². The standard InChI is InChI=1S/C23H32O5/c1-11-7-14-16-8-12(2)18(20(26)21(27)28)23(16,4)10-17(25)19(14)22(3)6-5-13(24)9-15(11)22/h9,11-12,14,16-19,25H,5-8,10H2,1-4H3,(H,27,28)/t11-,12+,14-,16-,17-,18+,19+,22-,23-/m0/s1. The van der Waals surface area contributed by atoms with E-state index in [4.69, 9.17) is 0 Å². The fourth-order valence-corrected chi connectivity index (χ4v) is 8.18. The molecule has 0 spiro atoms. The van der Waals surface area contributed by atoms with E-state index in [0.717, 1.165) is 19.3 Å². The van der Waals surface area contributed by atoms with Crippen molar-refractivity contribution in [3.05, 3.63) is 11.6 Å². The van der Waals surface area contributed by atoms with Crippen molar-refractivity contribution in [3.63, 3.8) is 0 Å². The van der Waals surface area contributed by atoms with E-state index in [1.54, 1.807) is 0 Å². The average Bonchev–Trinajstić information content (AvgIpc) is 2.85. The molecule has 4 aliphatic carbocycles. The lowest BCUT2D eigenvalue weighted by Gasteiger charge is -2.61. The molecule has 5 nitrogen and oxygen atoms in total. The lowest BCUT2D eigenvalue weighted by Crippen LogP contribution is -2.58. The first-order chi connectivity index (χ1) is 13.0. The Morgan fingerprint density at radius 2 is 1.86 bits per heavy atom. The van der Waals surface area contributed by atoms with Gasteiger partial charge in [0.15, 0.2) is 5.78 Å². The maximum atomic E-state index is 12.5. The second kappa shape index (κ2) is 6.25. The van der Waals surface area contributed by atoms with Crippen LogP contribution in [-0.2, 0) is 14.4 Å². The summed E-state index contributed by atoms with van der Waals surface area (Å²) in [4.78, 5) is 36.1. The summed E-state index contributed by atoms with van der Waals surface area (Å²) in [5.41, 5.74) is 0.531. The first-order valence-corrected chi connectivity index (χ1v) is 10.7. The molecule has 2 N–H and O–H groups in total. The quantitative estimate of drug-likeness (QED) is 0.709. The number of aliphatic carboxylic acids is 1. The van der Waals surface area contributed by atoms with Crippen LogP contribution in [0.1, 0.15) is 59.8 Å². The zero-order valence-corrected chi connectivity index (χ0v) is 17.3. The van der Waals surface area contributed by atoms with Crippen molar-refractivity contribution in [1.82, 2.24) is 0 Å². The number of carbonyl (C=O) groups excluding carboxylic acids is 2. The van der Waals surface area contributed by atoms with Gasteiger partial charge in [-0.15, -0.1) is 0 Å². The van der Waals surface area contributed by atoms with Crippen LogP contribution in [0.15, 0.2) is 11.6 Å². The summed E-state index contributed by atoms with van der Waals surface area (Å²) in [6.07, 6.45) is 4.77. The lowest BCUT2D eigenvalue weighted by atomic mass is 9.44. The number of aliphatic hydroxyl groups is 1. The summed E-state index contributed by atoms with van der Waals surface area (Å²) in [6, 6.07) is 0. The fraction of sp³-hybridized carbons (Fsp3) is 0.783. The van der Waals surface area contributed by atoms with Crippen LogP contribution in [0.25, 0.3) is 0 Å². The minimum atomic E-state index is -1.35. The molecule has 9 atom stereocenters. The van der Waals surface area contributed by atoms with E-state index in [2.05, 4.69) is 13.8 Å². The largest absolute Gasteiger partial charge is 0.475 e. The summed E-state index contributed by atoms with van der Waals surface area (Å²) in [6.45, 7) is 8.42. The Morgan fingerprint density at radius 3 is 2.50 bits per heavy atom. The highest BCUT2D eigenvalue weighted by atomic mass is 16.4. The summed E-state index contributed by atoms with van der Waals surface area (Å²) < 4.78 is 0.